The summed E-state index contributed by atoms with van der Waals surface area (Å²) in [6.07, 6.45) is 1.85. The van der Waals surface area contributed by atoms with Crippen molar-refractivity contribution in [2.24, 2.45) is 0 Å². The van der Waals surface area contributed by atoms with Crippen molar-refractivity contribution in [2.45, 2.75) is 26.7 Å². The van der Waals surface area contributed by atoms with Gasteiger partial charge in [-0.1, -0.05) is 38.1 Å². The topological polar surface area (TPSA) is 29.1 Å². The van der Waals surface area contributed by atoms with Gasteiger partial charge >= 0.3 is 0 Å². The van der Waals surface area contributed by atoms with Crippen LogP contribution in [0.3, 0.4) is 0 Å². The molecule has 0 saturated heterocycles. The van der Waals surface area contributed by atoms with Crippen LogP contribution < -0.4 is 5.32 Å². The van der Waals surface area contributed by atoms with Crippen molar-refractivity contribution in [1.29, 1.82) is 0 Å². The minimum Gasteiger partial charge on any atom is -0.321 e. The molecule has 2 aromatic rings. The van der Waals surface area contributed by atoms with Crippen LogP contribution in [-0.2, 0) is 12.8 Å². The number of benzene rings is 1. The molecule has 0 fully saturated rings. The van der Waals surface area contributed by atoms with Gasteiger partial charge in [0, 0.05) is 5.69 Å². The fourth-order valence-corrected chi connectivity index (χ4v) is 2.60. The van der Waals surface area contributed by atoms with Crippen molar-refractivity contribution in [3.8, 4) is 0 Å². The Bertz CT molecular complexity index is 509. The number of carbonyl (C=O) groups excluding carboxylic acids is 1. The maximum absolute atomic E-state index is 12.1. The summed E-state index contributed by atoms with van der Waals surface area (Å²) >= 11 is 1.47. The SMILES string of the molecule is CCc1cccc(CC)c1NC(=O)c1cccs1. The predicted molar refractivity (Wildman–Crippen MR) is 77.5 cm³/mol. The van der Waals surface area contributed by atoms with Gasteiger partial charge in [0.15, 0.2) is 0 Å². The number of aryl methyl sites for hydroxylation is 2. The number of carbonyl (C=O) groups is 1. The second-order valence-corrected chi connectivity index (χ2v) is 5.04. The molecule has 0 saturated carbocycles. The molecule has 1 amide bonds. The number of para-hydroxylation sites is 1. The summed E-state index contributed by atoms with van der Waals surface area (Å²) in [4.78, 5) is 12.9. The Morgan fingerprint density at radius 1 is 1.11 bits per heavy atom. The fraction of sp³-hybridized carbons (Fsp3) is 0.267. The Morgan fingerprint density at radius 2 is 1.78 bits per heavy atom. The number of anilines is 1. The van der Waals surface area contributed by atoms with Gasteiger partial charge in [0.05, 0.1) is 4.88 Å². The number of amides is 1. The van der Waals surface area contributed by atoms with E-state index in [1.54, 1.807) is 0 Å². The molecule has 0 spiro atoms. The Morgan fingerprint density at radius 3 is 2.28 bits per heavy atom. The molecule has 0 aliphatic heterocycles. The van der Waals surface area contributed by atoms with Gasteiger partial charge in [-0.2, -0.15) is 0 Å². The highest BCUT2D eigenvalue weighted by Gasteiger charge is 2.11. The molecule has 3 heteroatoms. The van der Waals surface area contributed by atoms with E-state index in [2.05, 4.69) is 37.4 Å². The molecule has 0 radical (unpaired) electrons. The van der Waals surface area contributed by atoms with Crippen LogP contribution in [0.1, 0.15) is 34.6 Å². The molecular weight excluding hydrogens is 242 g/mol. The van der Waals surface area contributed by atoms with Crippen molar-refractivity contribution in [1.82, 2.24) is 0 Å². The number of hydrogen-bond donors (Lipinski definition) is 1. The quantitative estimate of drug-likeness (QED) is 0.879. The smallest absolute Gasteiger partial charge is 0.265 e. The van der Waals surface area contributed by atoms with Gasteiger partial charge in [0.2, 0.25) is 0 Å². The van der Waals surface area contributed by atoms with E-state index in [0.29, 0.717) is 0 Å². The first-order valence-corrected chi connectivity index (χ1v) is 7.09. The maximum atomic E-state index is 12.1. The highest BCUT2D eigenvalue weighted by Crippen LogP contribution is 2.23. The van der Waals surface area contributed by atoms with Gasteiger partial charge in [0.25, 0.3) is 5.91 Å². The maximum Gasteiger partial charge on any atom is 0.265 e. The van der Waals surface area contributed by atoms with Crippen LogP contribution >= 0.6 is 11.3 Å². The summed E-state index contributed by atoms with van der Waals surface area (Å²) in [5, 5.41) is 4.97. The van der Waals surface area contributed by atoms with Crippen LogP contribution in [-0.4, -0.2) is 5.91 Å². The third-order valence-electron chi connectivity index (χ3n) is 2.98. The van der Waals surface area contributed by atoms with E-state index >= 15 is 0 Å². The molecule has 1 aromatic carbocycles. The largest absolute Gasteiger partial charge is 0.321 e. The number of nitrogens with one attached hydrogen (secondary N) is 1. The zero-order chi connectivity index (χ0) is 13.0. The van der Waals surface area contributed by atoms with E-state index in [1.807, 2.05) is 17.5 Å². The first-order chi connectivity index (χ1) is 8.76. The minimum atomic E-state index is -0.0133. The van der Waals surface area contributed by atoms with Crippen LogP contribution in [0.25, 0.3) is 0 Å². The summed E-state index contributed by atoms with van der Waals surface area (Å²) in [6, 6.07) is 9.94. The van der Waals surface area contributed by atoms with E-state index in [4.69, 9.17) is 0 Å². The lowest BCUT2D eigenvalue weighted by Gasteiger charge is -2.13. The van der Waals surface area contributed by atoms with Crippen molar-refractivity contribution in [3.63, 3.8) is 0 Å². The molecule has 18 heavy (non-hydrogen) atoms. The highest BCUT2D eigenvalue weighted by molar-refractivity contribution is 7.12. The van der Waals surface area contributed by atoms with E-state index in [9.17, 15) is 4.79 Å². The zero-order valence-corrected chi connectivity index (χ0v) is 11.5. The Hall–Kier alpha value is -1.61. The lowest BCUT2D eigenvalue weighted by molar-refractivity contribution is 0.103. The molecule has 0 unspecified atom stereocenters. The average molecular weight is 259 g/mol. The van der Waals surface area contributed by atoms with Crippen LogP contribution in [0.5, 0.6) is 0 Å². The molecule has 2 rings (SSSR count). The predicted octanol–water partition coefficient (Wildman–Crippen LogP) is 4.13. The van der Waals surface area contributed by atoms with Crippen molar-refractivity contribution in [2.75, 3.05) is 5.32 Å². The second-order valence-electron chi connectivity index (χ2n) is 4.09. The second kappa shape index (κ2) is 5.83. The number of hydrogen-bond acceptors (Lipinski definition) is 2. The van der Waals surface area contributed by atoms with Gasteiger partial charge in [-0.3, -0.25) is 4.79 Å². The lowest BCUT2D eigenvalue weighted by atomic mass is 10.0. The summed E-state index contributed by atoms with van der Waals surface area (Å²) in [5.74, 6) is -0.0133. The first-order valence-electron chi connectivity index (χ1n) is 6.21. The molecule has 1 heterocycles. The Kier molecular flexibility index (Phi) is 4.15. The number of rotatable bonds is 4. The first kappa shape index (κ1) is 12.8. The van der Waals surface area contributed by atoms with Crippen molar-refractivity contribution in [3.05, 3.63) is 51.7 Å². The molecule has 0 bridgehead atoms. The monoisotopic (exact) mass is 259 g/mol. The molecule has 0 aliphatic rings. The third-order valence-corrected chi connectivity index (χ3v) is 3.85. The van der Waals surface area contributed by atoms with Gasteiger partial charge in [-0.25, -0.2) is 0 Å². The van der Waals surface area contributed by atoms with E-state index in [1.165, 1.54) is 22.5 Å². The third kappa shape index (κ3) is 2.62. The summed E-state index contributed by atoms with van der Waals surface area (Å²) in [5.41, 5.74) is 3.37. The molecule has 94 valence electrons. The summed E-state index contributed by atoms with van der Waals surface area (Å²) in [6.45, 7) is 4.21. The van der Waals surface area contributed by atoms with Crippen molar-refractivity contribution >= 4 is 22.9 Å². The fourth-order valence-electron chi connectivity index (χ4n) is 1.99. The van der Waals surface area contributed by atoms with Crippen LogP contribution in [0.2, 0.25) is 0 Å². The normalized spacial score (nSPS) is 10.3. The van der Waals surface area contributed by atoms with Crippen LogP contribution in [0, 0.1) is 0 Å². The summed E-state index contributed by atoms with van der Waals surface area (Å²) in [7, 11) is 0. The van der Waals surface area contributed by atoms with Crippen molar-refractivity contribution < 1.29 is 4.79 Å². The van der Waals surface area contributed by atoms with E-state index in [0.717, 1.165) is 23.4 Å². The molecule has 1 N–H and O–H groups in total. The Labute approximate surface area is 112 Å². The van der Waals surface area contributed by atoms with E-state index < -0.39 is 0 Å². The van der Waals surface area contributed by atoms with Gasteiger partial charge < -0.3 is 5.32 Å². The average Bonchev–Trinajstić information content (AvgIpc) is 2.93. The lowest BCUT2D eigenvalue weighted by Crippen LogP contribution is -2.13. The molecule has 2 nitrogen and oxygen atoms in total. The molecule has 1 aromatic heterocycles. The van der Waals surface area contributed by atoms with E-state index in [-0.39, 0.29) is 5.91 Å². The minimum absolute atomic E-state index is 0.0133. The zero-order valence-electron chi connectivity index (χ0n) is 10.7. The molecular formula is C15H17NOS. The standard InChI is InChI=1S/C15H17NOS/c1-3-11-7-5-8-12(4-2)14(11)16-15(17)13-9-6-10-18-13/h5-10H,3-4H2,1-2H3,(H,16,17). The van der Waals surface area contributed by atoms with Gasteiger partial charge in [0.1, 0.15) is 0 Å². The van der Waals surface area contributed by atoms with Gasteiger partial charge in [-0.15, -0.1) is 11.3 Å². The van der Waals surface area contributed by atoms with Crippen LogP contribution in [0.15, 0.2) is 35.7 Å². The van der Waals surface area contributed by atoms with Gasteiger partial charge in [-0.05, 0) is 35.4 Å². The molecule has 0 atom stereocenters. The number of thiophene rings is 1. The molecule has 0 aliphatic carbocycles. The summed E-state index contributed by atoms with van der Waals surface area (Å²) < 4.78 is 0. The highest BCUT2D eigenvalue weighted by atomic mass is 32.1. The Balaban J connectivity index is 2.30. The van der Waals surface area contributed by atoms with Crippen LogP contribution in [0.4, 0.5) is 5.69 Å².